The van der Waals surface area contributed by atoms with Gasteiger partial charge in [-0.2, -0.15) is 0 Å². The summed E-state index contributed by atoms with van der Waals surface area (Å²) in [6, 6.07) is 0. The Labute approximate surface area is 178 Å². The standard InChI is InChI=1S/C23H34N4O3/c1-15(14-29-3)10-21-24-12-20-22(26-21)19(16-4-6-17(28)7-5-16)11-25-23(20)30-18-8-9-27(2)13-18/h11-12,15-18,28H,4-10,13-14H2,1-3H3/t15-,16?,17?,18-/m1/s1. The molecule has 0 bridgehead atoms. The molecule has 1 aliphatic carbocycles. The zero-order valence-electron chi connectivity index (χ0n) is 18.4. The molecule has 0 radical (unpaired) electrons. The number of hydrogen-bond donors (Lipinski definition) is 1. The number of fused-ring (bicyclic) bond motifs is 1. The minimum atomic E-state index is -0.178. The number of pyridine rings is 1. The molecule has 0 unspecified atom stereocenters. The number of methoxy groups -OCH3 is 1. The fraction of sp³-hybridized carbons (Fsp3) is 0.696. The summed E-state index contributed by atoms with van der Waals surface area (Å²) in [5.41, 5.74) is 2.12. The van der Waals surface area contributed by atoms with Crippen LogP contribution < -0.4 is 4.74 Å². The van der Waals surface area contributed by atoms with Gasteiger partial charge in [-0.05, 0) is 51.0 Å². The normalized spacial score (nSPS) is 26.2. The maximum Gasteiger partial charge on any atom is 0.224 e. The predicted molar refractivity (Wildman–Crippen MR) is 116 cm³/mol. The lowest BCUT2D eigenvalue weighted by atomic mass is 9.82. The first-order valence-electron chi connectivity index (χ1n) is 11.2. The molecular weight excluding hydrogens is 380 g/mol. The molecule has 30 heavy (non-hydrogen) atoms. The molecule has 2 aromatic heterocycles. The highest BCUT2D eigenvalue weighted by Gasteiger charge is 2.27. The summed E-state index contributed by atoms with van der Waals surface area (Å²) in [5, 5.41) is 10.8. The monoisotopic (exact) mass is 414 g/mol. The summed E-state index contributed by atoms with van der Waals surface area (Å²) in [4.78, 5) is 16.6. The Balaban J connectivity index is 1.67. The second kappa shape index (κ2) is 9.54. The number of aromatic nitrogens is 3. The molecule has 0 aromatic carbocycles. The van der Waals surface area contributed by atoms with E-state index in [-0.39, 0.29) is 12.2 Å². The summed E-state index contributed by atoms with van der Waals surface area (Å²) in [6.45, 7) is 4.80. The molecule has 164 valence electrons. The molecule has 0 amide bonds. The summed E-state index contributed by atoms with van der Waals surface area (Å²) < 4.78 is 11.6. The van der Waals surface area contributed by atoms with Crippen molar-refractivity contribution in [1.82, 2.24) is 19.9 Å². The Bertz CT molecular complexity index is 854. The number of rotatable bonds is 7. The van der Waals surface area contributed by atoms with Crippen LogP contribution >= 0.6 is 0 Å². The van der Waals surface area contributed by atoms with Crippen LogP contribution in [-0.2, 0) is 11.2 Å². The van der Waals surface area contributed by atoms with Crippen molar-refractivity contribution in [2.45, 2.75) is 63.6 Å². The van der Waals surface area contributed by atoms with Gasteiger partial charge in [0.25, 0.3) is 0 Å². The van der Waals surface area contributed by atoms with Crippen LogP contribution in [0.2, 0.25) is 0 Å². The van der Waals surface area contributed by atoms with E-state index in [1.807, 2.05) is 12.4 Å². The molecule has 0 spiro atoms. The van der Waals surface area contributed by atoms with E-state index in [2.05, 4.69) is 23.9 Å². The Morgan fingerprint density at radius 2 is 1.97 bits per heavy atom. The van der Waals surface area contributed by atoms with Gasteiger partial charge in [0.1, 0.15) is 11.9 Å². The molecule has 2 fully saturated rings. The van der Waals surface area contributed by atoms with E-state index >= 15 is 0 Å². The Hall–Kier alpha value is -1.83. The second-order valence-electron chi connectivity index (χ2n) is 9.13. The molecule has 2 atom stereocenters. The first-order chi connectivity index (χ1) is 14.5. The quantitative estimate of drug-likeness (QED) is 0.746. The highest BCUT2D eigenvalue weighted by Crippen LogP contribution is 2.37. The second-order valence-corrected chi connectivity index (χ2v) is 9.13. The fourth-order valence-electron chi connectivity index (χ4n) is 4.74. The molecular formula is C23H34N4O3. The van der Waals surface area contributed by atoms with Crippen molar-refractivity contribution in [2.24, 2.45) is 5.92 Å². The average Bonchev–Trinajstić information content (AvgIpc) is 3.14. The third-order valence-electron chi connectivity index (χ3n) is 6.41. The van der Waals surface area contributed by atoms with Gasteiger partial charge in [0.2, 0.25) is 5.88 Å². The van der Waals surface area contributed by atoms with E-state index < -0.39 is 0 Å². The van der Waals surface area contributed by atoms with Gasteiger partial charge in [0.15, 0.2) is 0 Å². The number of likely N-dealkylation sites (N-methyl/N-ethyl adjacent to an activating group) is 1. The summed E-state index contributed by atoms with van der Waals surface area (Å²) >= 11 is 0. The summed E-state index contributed by atoms with van der Waals surface area (Å²) in [5.74, 6) is 2.20. The van der Waals surface area contributed by atoms with Crippen LogP contribution in [0.25, 0.3) is 10.9 Å². The maximum absolute atomic E-state index is 9.93. The van der Waals surface area contributed by atoms with Crippen molar-refractivity contribution in [3.8, 4) is 5.88 Å². The van der Waals surface area contributed by atoms with Crippen LogP contribution in [0.4, 0.5) is 0 Å². The SMILES string of the molecule is COC[C@H](C)Cc1ncc2c(O[C@@H]3CCN(C)C3)ncc(C3CCC(O)CC3)c2n1. The number of aliphatic hydroxyl groups excluding tert-OH is 1. The zero-order valence-corrected chi connectivity index (χ0v) is 18.4. The first kappa shape index (κ1) is 21.4. The Morgan fingerprint density at radius 3 is 2.67 bits per heavy atom. The van der Waals surface area contributed by atoms with Gasteiger partial charge in [0.05, 0.1) is 17.0 Å². The number of aliphatic hydroxyl groups is 1. The summed E-state index contributed by atoms with van der Waals surface area (Å²) in [6.07, 6.45) is 9.20. The first-order valence-corrected chi connectivity index (χ1v) is 11.2. The van der Waals surface area contributed by atoms with Gasteiger partial charge in [0, 0.05) is 51.2 Å². The molecule has 7 heteroatoms. The van der Waals surface area contributed by atoms with Crippen molar-refractivity contribution >= 4 is 10.9 Å². The maximum atomic E-state index is 9.93. The van der Waals surface area contributed by atoms with Gasteiger partial charge < -0.3 is 19.5 Å². The van der Waals surface area contributed by atoms with Crippen molar-refractivity contribution < 1.29 is 14.6 Å². The van der Waals surface area contributed by atoms with Crippen molar-refractivity contribution in [1.29, 1.82) is 0 Å². The van der Waals surface area contributed by atoms with Crippen LogP contribution in [0, 0.1) is 5.92 Å². The van der Waals surface area contributed by atoms with Crippen molar-refractivity contribution in [2.75, 3.05) is 33.9 Å². The minimum Gasteiger partial charge on any atom is -0.472 e. The topological polar surface area (TPSA) is 80.6 Å². The van der Waals surface area contributed by atoms with E-state index in [0.29, 0.717) is 24.3 Å². The lowest BCUT2D eigenvalue weighted by Crippen LogP contribution is -2.22. The van der Waals surface area contributed by atoms with Crippen LogP contribution in [0.15, 0.2) is 12.4 Å². The molecule has 4 rings (SSSR count). The van der Waals surface area contributed by atoms with Crippen molar-refractivity contribution in [3.05, 3.63) is 23.8 Å². The molecule has 1 saturated carbocycles. The van der Waals surface area contributed by atoms with Gasteiger partial charge in [-0.1, -0.05) is 6.92 Å². The Morgan fingerprint density at radius 1 is 1.17 bits per heavy atom. The third-order valence-corrected chi connectivity index (χ3v) is 6.41. The van der Waals surface area contributed by atoms with Gasteiger partial charge in [-0.15, -0.1) is 0 Å². The van der Waals surface area contributed by atoms with Crippen LogP contribution in [-0.4, -0.2) is 71.0 Å². The molecule has 1 N–H and O–H groups in total. The number of hydrogen-bond acceptors (Lipinski definition) is 7. The highest BCUT2D eigenvalue weighted by molar-refractivity contribution is 5.85. The molecule has 2 aliphatic rings. The predicted octanol–water partition coefficient (Wildman–Crippen LogP) is 2.95. The van der Waals surface area contributed by atoms with Crippen LogP contribution in [0.3, 0.4) is 0 Å². The molecule has 1 saturated heterocycles. The van der Waals surface area contributed by atoms with E-state index in [1.165, 1.54) is 0 Å². The number of ether oxygens (including phenoxy) is 2. The average molecular weight is 415 g/mol. The number of nitrogens with zero attached hydrogens (tertiary/aromatic N) is 4. The van der Waals surface area contributed by atoms with Crippen LogP contribution in [0.1, 0.15) is 56.3 Å². The lowest BCUT2D eigenvalue weighted by molar-refractivity contribution is 0.122. The molecule has 2 aromatic rings. The Kier molecular flexibility index (Phi) is 6.80. The molecule has 1 aliphatic heterocycles. The van der Waals surface area contributed by atoms with E-state index in [9.17, 15) is 5.11 Å². The molecule has 7 nitrogen and oxygen atoms in total. The van der Waals surface area contributed by atoms with Gasteiger partial charge in [-0.3, -0.25) is 0 Å². The molecule has 3 heterocycles. The lowest BCUT2D eigenvalue weighted by Gasteiger charge is -2.26. The van der Waals surface area contributed by atoms with Gasteiger partial charge in [-0.25, -0.2) is 15.0 Å². The largest absolute Gasteiger partial charge is 0.472 e. The van der Waals surface area contributed by atoms with Crippen molar-refractivity contribution in [3.63, 3.8) is 0 Å². The zero-order chi connectivity index (χ0) is 21.1. The summed E-state index contributed by atoms with van der Waals surface area (Å²) in [7, 11) is 3.84. The number of likely N-dealkylation sites (tertiary alicyclic amines) is 1. The van der Waals surface area contributed by atoms with Gasteiger partial charge >= 0.3 is 0 Å². The van der Waals surface area contributed by atoms with E-state index in [4.69, 9.17) is 19.4 Å². The third kappa shape index (κ3) is 4.90. The van der Waals surface area contributed by atoms with E-state index in [1.54, 1.807) is 7.11 Å². The highest BCUT2D eigenvalue weighted by atomic mass is 16.5. The minimum absolute atomic E-state index is 0.155. The van der Waals surface area contributed by atoms with Crippen LogP contribution in [0.5, 0.6) is 5.88 Å². The smallest absolute Gasteiger partial charge is 0.224 e. The van der Waals surface area contributed by atoms with E-state index in [0.717, 1.165) is 73.9 Å². The fourth-order valence-corrected chi connectivity index (χ4v) is 4.74.